The van der Waals surface area contributed by atoms with Crippen LogP contribution in [-0.4, -0.2) is 37.0 Å². The largest absolute Gasteiger partial charge is 0.340 e. The maximum atomic E-state index is 10.7. The minimum absolute atomic E-state index is 0.163. The standard InChI is InChI=1S/C8H13N3O/c1-11-4-2-3-7(6-11)10-8(12)5-9/h7H,2-4,6H2,1H3,(H,10,12). The molecule has 1 N–H and O–H groups in total. The number of carbonyl (C=O) groups is 1. The lowest BCUT2D eigenvalue weighted by Crippen LogP contribution is -2.45. The third kappa shape index (κ3) is 2.51. The zero-order valence-electron chi connectivity index (χ0n) is 7.21. The molecule has 1 saturated heterocycles. The molecule has 1 unspecified atom stereocenters. The monoisotopic (exact) mass is 167 g/mol. The molecule has 1 rings (SSSR count). The molecule has 12 heavy (non-hydrogen) atoms. The molecular weight excluding hydrogens is 154 g/mol. The number of piperidine rings is 1. The van der Waals surface area contributed by atoms with Gasteiger partial charge in [-0.15, -0.1) is 0 Å². The summed E-state index contributed by atoms with van der Waals surface area (Å²) in [7, 11) is 2.02. The molecule has 1 atom stereocenters. The summed E-state index contributed by atoms with van der Waals surface area (Å²) >= 11 is 0. The Morgan fingerprint density at radius 2 is 2.50 bits per heavy atom. The molecule has 4 nitrogen and oxygen atoms in total. The smallest absolute Gasteiger partial charge is 0.322 e. The summed E-state index contributed by atoms with van der Waals surface area (Å²) in [6.45, 7) is 1.94. The van der Waals surface area contributed by atoms with Crippen LogP contribution >= 0.6 is 0 Å². The van der Waals surface area contributed by atoms with Gasteiger partial charge in [0.05, 0.1) is 0 Å². The van der Waals surface area contributed by atoms with Gasteiger partial charge in [0.1, 0.15) is 0 Å². The molecule has 0 radical (unpaired) electrons. The quantitative estimate of drug-likeness (QED) is 0.546. The van der Waals surface area contributed by atoms with E-state index in [2.05, 4.69) is 10.2 Å². The summed E-state index contributed by atoms with van der Waals surface area (Å²) in [6, 6.07) is 1.72. The van der Waals surface area contributed by atoms with Crippen LogP contribution in [-0.2, 0) is 4.79 Å². The van der Waals surface area contributed by atoms with Gasteiger partial charge in [-0.25, -0.2) is 0 Å². The van der Waals surface area contributed by atoms with Crippen LogP contribution in [0.25, 0.3) is 0 Å². The first-order valence-corrected chi connectivity index (χ1v) is 4.11. The average Bonchev–Trinajstić information content (AvgIpc) is 2.04. The van der Waals surface area contributed by atoms with Gasteiger partial charge in [-0.1, -0.05) is 0 Å². The van der Waals surface area contributed by atoms with Gasteiger partial charge < -0.3 is 10.2 Å². The van der Waals surface area contributed by atoms with E-state index in [1.165, 1.54) is 0 Å². The molecule has 0 spiro atoms. The van der Waals surface area contributed by atoms with Crippen molar-refractivity contribution in [3.8, 4) is 6.07 Å². The van der Waals surface area contributed by atoms with E-state index in [4.69, 9.17) is 5.26 Å². The van der Waals surface area contributed by atoms with E-state index in [0.717, 1.165) is 25.9 Å². The number of hydrogen-bond donors (Lipinski definition) is 1. The predicted molar refractivity (Wildman–Crippen MR) is 44.3 cm³/mol. The van der Waals surface area contributed by atoms with Gasteiger partial charge in [0, 0.05) is 12.6 Å². The fourth-order valence-corrected chi connectivity index (χ4v) is 1.50. The normalized spacial score (nSPS) is 24.5. The van der Waals surface area contributed by atoms with Crippen LogP contribution < -0.4 is 5.32 Å². The molecule has 0 aromatic carbocycles. The predicted octanol–water partition coefficient (Wildman–Crippen LogP) is -0.280. The van der Waals surface area contributed by atoms with Gasteiger partial charge in [0.15, 0.2) is 6.07 Å². The Balaban J connectivity index is 2.33. The van der Waals surface area contributed by atoms with Crippen molar-refractivity contribution in [1.82, 2.24) is 10.2 Å². The Bertz CT molecular complexity index is 209. The van der Waals surface area contributed by atoms with Gasteiger partial charge in [0.2, 0.25) is 0 Å². The highest BCUT2D eigenvalue weighted by Crippen LogP contribution is 2.07. The third-order valence-corrected chi connectivity index (χ3v) is 2.06. The minimum atomic E-state index is -0.518. The zero-order valence-corrected chi connectivity index (χ0v) is 7.21. The fourth-order valence-electron chi connectivity index (χ4n) is 1.50. The summed E-state index contributed by atoms with van der Waals surface area (Å²) in [6.07, 6.45) is 2.07. The second-order valence-corrected chi connectivity index (χ2v) is 3.19. The molecule has 0 bridgehead atoms. The van der Waals surface area contributed by atoms with Crippen LogP contribution in [0.1, 0.15) is 12.8 Å². The van der Waals surface area contributed by atoms with Crippen LogP contribution in [0.15, 0.2) is 0 Å². The van der Waals surface area contributed by atoms with E-state index >= 15 is 0 Å². The maximum Gasteiger partial charge on any atom is 0.322 e. The van der Waals surface area contributed by atoms with Crippen molar-refractivity contribution in [3.63, 3.8) is 0 Å². The molecule has 0 aromatic rings. The number of hydrogen-bond acceptors (Lipinski definition) is 3. The van der Waals surface area contributed by atoms with E-state index in [1.54, 1.807) is 6.07 Å². The number of rotatable bonds is 1. The molecule has 1 aliphatic rings. The molecule has 1 heterocycles. The molecule has 1 aliphatic heterocycles. The number of nitrogens with one attached hydrogen (secondary N) is 1. The Hall–Kier alpha value is -1.08. The van der Waals surface area contributed by atoms with Crippen molar-refractivity contribution in [2.45, 2.75) is 18.9 Å². The lowest BCUT2D eigenvalue weighted by atomic mass is 10.1. The number of nitriles is 1. The van der Waals surface area contributed by atoms with Gasteiger partial charge in [-0.3, -0.25) is 4.79 Å². The first-order chi connectivity index (χ1) is 5.72. The van der Waals surface area contributed by atoms with Crippen molar-refractivity contribution in [3.05, 3.63) is 0 Å². The van der Waals surface area contributed by atoms with E-state index in [0.29, 0.717) is 0 Å². The Morgan fingerprint density at radius 1 is 1.75 bits per heavy atom. The summed E-state index contributed by atoms with van der Waals surface area (Å²) in [4.78, 5) is 12.9. The van der Waals surface area contributed by atoms with Gasteiger partial charge in [0.25, 0.3) is 0 Å². The van der Waals surface area contributed by atoms with Crippen molar-refractivity contribution in [1.29, 1.82) is 5.26 Å². The number of likely N-dealkylation sites (N-methyl/N-ethyl adjacent to an activating group) is 1. The lowest BCUT2D eigenvalue weighted by Gasteiger charge is -2.29. The summed E-state index contributed by atoms with van der Waals surface area (Å²) < 4.78 is 0. The number of carbonyl (C=O) groups excluding carboxylic acids is 1. The highest BCUT2D eigenvalue weighted by Gasteiger charge is 2.18. The second kappa shape index (κ2) is 4.07. The Labute approximate surface area is 72.2 Å². The van der Waals surface area contributed by atoms with Gasteiger partial charge in [-0.05, 0) is 26.4 Å². The second-order valence-electron chi connectivity index (χ2n) is 3.19. The van der Waals surface area contributed by atoms with E-state index in [-0.39, 0.29) is 6.04 Å². The van der Waals surface area contributed by atoms with Gasteiger partial charge in [-0.2, -0.15) is 5.26 Å². The van der Waals surface area contributed by atoms with Crippen molar-refractivity contribution in [2.24, 2.45) is 0 Å². The minimum Gasteiger partial charge on any atom is -0.340 e. The number of amides is 1. The highest BCUT2D eigenvalue weighted by molar-refractivity contribution is 5.91. The van der Waals surface area contributed by atoms with Crippen molar-refractivity contribution in [2.75, 3.05) is 20.1 Å². The SMILES string of the molecule is CN1CCCC(NC(=O)C#N)C1. The lowest BCUT2D eigenvalue weighted by molar-refractivity contribution is -0.116. The average molecular weight is 167 g/mol. The first kappa shape index (κ1) is 9.01. The van der Waals surface area contributed by atoms with E-state index in [1.807, 2.05) is 7.05 Å². The molecule has 0 saturated carbocycles. The van der Waals surface area contributed by atoms with E-state index < -0.39 is 5.91 Å². The third-order valence-electron chi connectivity index (χ3n) is 2.06. The summed E-state index contributed by atoms with van der Waals surface area (Å²) in [5, 5.41) is 10.9. The van der Waals surface area contributed by atoms with Crippen LogP contribution in [0, 0.1) is 11.3 Å². The molecule has 1 amide bonds. The summed E-state index contributed by atoms with van der Waals surface area (Å²) in [5.74, 6) is -0.518. The van der Waals surface area contributed by atoms with Gasteiger partial charge >= 0.3 is 5.91 Å². The number of likely N-dealkylation sites (tertiary alicyclic amines) is 1. The fraction of sp³-hybridized carbons (Fsp3) is 0.750. The van der Waals surface area contributed by atoms with Crippen LogP contribution in [0.2, 0.25) is 0 Å². The molecule has 1 fully saturated rings. The molecular formula is C8H13N3O. The molecule has 66 valence electrons. The van der Waals surface area contributed by atoms with Crippen molar-refractivity contribution < 1.29 is 4.79 Å². The highest BCUT2D eigenvalue weighted by atomic mass is 16.1. The van der Waals surface area contributed by atoms with Crippen LogP contribution in [0.3, 0.4) is 0 Å². The Kier molecular flexibility index (Phi) is 3.06. The van der Waals surface area contributed by atoms with Crippen LogP contribution in [0.4, 0.5) is 0 Å². The van der Waals surface area contributed by atoms with Crippen molar-refractivity contribution >= 4 is 5.91 Å². The maximum absolute atomic E-state index is 10.7. The van der Waals surface area contributed by atoms with Crippen LogP contribution in [0.5, 0.6) is 0 Å². The number of nitrogens with zero attached hydrogens (tertiary/aromatic N) is 2. The molecule has 0 aliphatic carbocycles. The summed E-state index contributed by atoms with van der Waals surface area (Å²) in [5.41, 5.74) is 0. The Morgan fingerprint density at radius 3 is 3.08 bits per heavy atom. The molecule has 0 aromatic heterocycles. The topological polar surface area (TPSA) is 56.1 Å². The van der Waals surface area contributed by atoms with E-state index in [9.17, 15) is 4.79 Å². The first-order valence-electron chi connectivity index (χ1n) is 4.11. The zero-order chi connectivity index (χ0) is 8.97. The molecule has 4 heteroatoms.